The van der Waals surface area contributed by atoms with Gasteiger partial charge in [0.25, 0.3) is 0 Å². The van der Waals surface area contributed by atoms with E-state index in [1.807, 2.05) is 45.0 Å². The maximum atomic E-state index is 11.3. The third-order valence-corrected chi connectivity index (χ3v) is 2.49. The Bertz CT molecular complexity index is 469. The van der Waals surface area contributed by atoms with Crippen LogP contribution in [0.5, 0.6) is 5.75 Å². The number of carbonyl (C=O) groups excluding carboxylic acids is 1. The molecule has 1 N–H and O–H groups in total. The number of aryl methyl sites for hydroxylation is 1. The first-order valence-electron chi connectivity index (χ1n) is 6.50. The molecule has 1 aromatic rings. The zero-order valence-electron chi connectivity index (χ0n) is 11.8. The van der Waals surface area contributed by atoms with Gasteiger partial charge in [0.1, 0.15) is 12.4 Å². The monoisotopic (exact) mass is 259 g/mol. The van der Waals surface area contributed by atoms with E-state index in [0.29, 0.717) is 25.5 Å². The molecule has 0 saturated heterocycles. The van der Waals surface area contributed by atoms with Gasteiger partial charge in [0.15, 0.2) is 0 Å². The van der Waals surface area contributed by atoms with Gasteiger partial charge in [-0.25, -0.2) is 0 Å². The maximum absolute atomic E-state index is 11.3. The molecule has 3 nitrogen and oxygen atoms in total. The Balaban J connectivity index is 2.22. The van der Waals surface area contributed by atoms with E-state index in [1.54, 1.807) is 0 Å². The van der Waals surface area contributed by atoms with Crippen molar-refractivity contribution in [3.05, 3.63) is 29.8 Å². The minimum Gasteiger partial charge on any atom is -0.481 e. The first-order chi connectivity index (χ1) is 9.09. The van der Waals surface area contributed by atoms with E-state index in [4.69, 9.17) is 4.74 Å². The van der Waals surface area contributed by atoms with Crippen molar-refractivity contribution in [3.63, 3.8) is 0 Å². The number of hydrogen-bond acceptors (Lipinski definition) is 2. The number of hydrogen-bond donors (Lipinski definition) is 1. The Morgan fingerprint density at radius 3 is 2.74 bits per heavy atom. The van der Waals surface area contributed by atoms with Crippen LogP contribution in [-0.2, 0) is 4.79 Å². The van der Waals surface area contributed by atoms with Gasteiger partial charge in [0, 0.05) is 6.42 Å². The second-order valence-electron chi connectivity index (χ2n) is 4.78. The smallest absolute Gasteiger partial charge is 0.221 e. The van der Waals surface area contributed by atoms with E-state index in [1.165, 1.54) is 0 Å². The van der Waals surface area contributed by atoms with Crippen molar-refractivity contribution in [2.24, 2.45) is 5.92 Å². The van der Waals surface area contributed by atoms with Gasteiger partial charge in [-0.1, -0.05) is 43.9 Å². The molecule has 1 amide bonds. The Kier molecular flexibility index (Phi) is 6.52. The molecule has 0 spiro atoms. The molecule has 0 aliphatic carbocycles. The fourth-order valence-electron chi connectivity index (χ4n) is 1.53. The topological polar surface area (TPSA) is 38.3 Å². The van der Waals surface area contributed by atoms with Crippen LogP contribution in [0, 0.1) is 24.7 Å². The van der Waals surface area contributed by atoms with E-state index >= 15 is 0 Å². The van der Waals surface area contributed by atoms with E-state index in [-0.39, 0.29) is 5.91 Å². The van der Waals surface area contributed by atoms with E-state index in [0.717, 1.165) is 11.3 Å². The van der Waals surface area contributed by atoms with Gasteiger partial charge in [0.05, 0.1) is 6.54 Å². The Labute approximate surface area is 115 Å². The molecular formula is C16H21NO2. The molecular weight excluding hydrogens is 238 g/mol. The Hall–Kier alpha value is -1.95. The highest BCUT2D eigenvalue weighted by Gasteiger charge is 2.01. The first kappa shape index (κ1) is 15.1. The Morgan fingerprint density at radius 2 is 2.05 bits per heavy atom. The SMILES string of the molecule is Cc1ccccc1OCC#CCNC(=O)CC(C)C. The molecule has 1 aromatic carbocycles. The minimum atomic E-state index is 0.0455. The fourth-order valence-corrected chi connectivity index (χ4v) is 1.53. The number of benzene rings is 1. The lowest BCUT2D eigenvalue weighted by Crippen LogP contribution is -2.24. The van der Waals surface area contributed by atoms with Crippen molar-refractivity contribution in [1.82, 2.24) is 5.32 Å². The molecule has 0 aliphatic rings. The largest absolute Gasteiger partial charge is 0.481 e. The predicted molar refractivity (Wildman–Crippen MR) is 76.9 cm³/mol. The lowest BCUT2D eigenvalue weighted by atomic mass is 10.1. The van der Waals surface area contributed by atoms with Crippen LogP contribution < -0.4 is 10.1 Å². The summed E-state index contributed by atoms with van der Waals surface area (Å²) in [6.45, 7) is 6.74. The summed E-state index contributed by atoms with van der Waals surface area (Å²) in [6.07, 6.45) is 0.543. The molecule has 19 heavy (non-hydrogen) atoms. The van der Waals surface area contributed by atoms with E-state index in [2.05, 4.69) is 17.2 Å². The number of ether oxygens (including phenoxy) is 1. The summed E-state index contributed by atoms with van der Waals surface area (Å²) in [5.74, 6) is 7.02. The molecule has 0 aromatic heterocycles. The first-order valence-corrected chi connectivity index (χ1v) is 6.50. The van der Waals surface area contributed by atoms with Crippen molar-refractivity contribution in [3.8, 4) is 17.6 Å². The summed E-state index contributed by atoms with van der Waals surface area (Å²) in [5, 5.41) is 2.76. The predicted octanol–water partition coefficient (Wildman–Crippen LogP) is 2.54. The van der Waals surface area contributed by atoms with Crippen molar-refractivity contribution in [1.29, 1.82) is 0 Å². The molecule has 0 aliphatic heterocycles. The maximum Gasteiger partial charge on any atom is 0.221 e. The van der Waals surface area contributed by atoms with Crippen LogP contribution in [0.1, 0.15) is 25.8 Å². The second-order valence-corrected chi connectivity index (χ2v) is 4.78. The standard InChI is InChI=1S/C16H21NO2/c1-13(2)12-16(18)17-10-6-7-11-19-15-9-5-4-8-14(15)3/h4-5,8-9,13H,10-12H2,1-3H3,(H,17,18). The average molecular weight is 259 g/mol. The van der Waals surface area contributed by atoms with Gasteiger partial charge in [-0.2, -0.15) is 0 Å². The molecule has 3 heteroatoms. The van der Waals surface area contributed by atoms with Crippen LogP contribution >= 0.6 is 0 Å². The van der Waals surface area contributed by atoms with Gasteiger partial charge in [0.2, 0.25) is 5.91 Å². The molecule has 0 heterocycles. The molecule has 0 atom stereocenters. The van der Waals surface area contributed by atoms with Crippen LogP contribution in [-0.4, -0.2) is 19.1 Å². The van der Waals surface area contributed by atoms with Gasteiger partial charge in [-0.15, -0.1) is 0 Å². The molecule has 102 valence electrons. The number of nitrogens with one attached hydrogen (secondary N) is 1. The Morgan fingerprint density at radius 1 is 1.32 bits per heavy atom. The van der Waals surface area contributed by atoms with Gasteiger partial charge in [-0.3, -0.25) is 4.79 Å². The zero-order chi connectivity index (χ0) is 14.1. The van der Waals surface area contributed by atoms with Gasteiger partial charge >= 0.3 is 0 Å². The molecule has 0 fully saturated rings. The highest BCUT2D eigenvalue weighted by Crippen LogP contribution is 2.15. The third kappa shape index (κ3) is 6.52. The highest BCUT2D eigenvalue weighted by molar-refractivity contribution is 5.76. The van der Waals surface area contributed by atoms with Crippen LogP contribution in [0.2, 0.25) is 0 Å². The number of para-hydroxylation sites is 1. The molecule has 0 saturated carbocycles. The zero-order valence-corrected chi connectivity index (χ0v) is 11.8. The van der Waals surface area contributed by atoms with E-state index in [9.17, 15) is 4.79 Å². The van der Waals surface area contributed by atoms with Crippen molar-refractivity contribution >= 4 is 5.91 Å². The normalized spacial score (nSPS) is 9.68. The average Bonchev–Trinajstić information content (AvgIpc) is 2.34. The minimum absolute atomic E-state index is 0.0455. The molecule has 0 unspecified atom stereocenters. The molecule has 1 rings (SSSR count). The van der Waals surface area contributed by atoms with Gasteiger partial charge in [-0.05, 0) is 24.5 Å². The van der Waals surface area contributed by atoms with Crippen LogP contribution in [0.15, 0.2) is 24.3 Å². The van der Waals surface area contributed by atoms with Crippen molar-refractivity contribution < 1.29 is 9.53 Å². The summed E-state index contributed by atoms with van der Waals surface area (Å²) in [6, 6.07) is 7.82. The summed E-state index contributed by atoms with van der Waals surface area (Å²) < 4.78 is 5.52. The van der Waals surface area contributed by atoms with Crippen LogP contribution in [0.25, 0.3) is 0 Å². The number of amides is 1. The van der Waals surface area contributed by atoms with Gasteiger partial charge < -0.3 is 10.1 Å². The van der Waals surface area contributed by atoms with Crippen LogP contribution in [0.3, 0.4) is 0 Å². The summed E-state index contributed by atoms with van der Waals surface area (Å²) in [5.41, 5.74) is 1.09. The third-order valence-electron chi connectivity index (χ3n) is 2.49. The lowest BCUT2D eigenvalue weighted by Gasteiger charge is -2.05. The van der Waals surface area contributed by atoms with Crippen LogP contribution in [0.4, 0.5) is 0 Å². The van der Waals surface area contributed by atoms with E-state index < -0.39 is 0 Å². The second kappa shape index (κ2) is 8.20. The van der Waals surface area contributed by atoms with Crippen molar-refractivity contribution in [2.75, 3.05) is 13.2 Å². The quantitative estimate of drug-likeness (QED) is 0.825. The highest BCUT2D eigenvalue weighted by atomic mass is 16.5. The summed E-state index contributed by atoms with van der Waals surface area (Å²) >= 11 is 0. The molecule has 0 bridgehead atoms. The molecule has 0 radical (unpaired) electrons. The van der Waals surface area contributed by atoms with Crippen molar-refractivity contribution in [2.45, 2.75) is 27.2 Å². The lowest BCUT2D eigenvalue weighted by molar-refractivity contribution is -0.121. The number of rotatable bonds is 5. The summed E-state index contributed by atoms with van der Waals surface area (Å²) in [4.78, 5) is 11.3. The number of carbonyl (C=O) groups is 1. The fraction of sp³-hybridized carbons (Fsp3) is 0.438. The summed E-state index contributed by atoms with van der Waals surface area (Å²) in [7, 11) is 0.